The molecule has 1 aliphatic heterocycles. The van der Waals surface area contributed by atoms with Crippen LogP contribution in [-0.4, -0.2) is 30.4 Å². The van der Waals surface area contributed by atoms with Crippen molar-refractivity contribution in [3.63, 3.8) is 0 Å². The molecule has 0 spiro atoms. The van der Waals surface area contributed by atoms with Crippen molar-refractivity contribution >= 4 is 11.8 Å². The molecule has 1 aliphatic rings. The van der Waals surface area contributed by atoms with Crippen LogP contribution in [0.2, 0.25) is 0 Å². The zero-order valence-electron chi connectivity index (χ0n) is 21.1. The van der Waals surface area contributed by atoms with E-state index < -0.39 is 11.6 Å². The molecule has 4 aromatic rings. The summed E-state index contributed by atoms with van der Waals surface area (Å²) in [5.41, 5.74) is 2.52. The largest absolute Gasteiger partial charge is 0.497 e. The molecule has 0 bridgehead atoms. The normalized spacial score (nSPS) is 18.8. The van der Waals surface area contributed by atoms with Gasteiger partial charge in [0.1, 0.15) is 11.6 Å². The summed E-state index contributed by atoms with van der Waals surface area (Å²) < 4.78 is 11.2. The van der Waals surface area contributed by atoms with E-state index in [9.17, 15) is 4.79 Å². The Labute approximate surface area is 218 Å². The Morgan fingerprint density at radius 1 is 0.838 bits per heavy atom. The molecule has 1 heterocycles. The third-order valence-corrected chi connectivity index (χ3v) is 6.72. The molecule has 2 atom stereocenters. The Morgan fingerprint density at radius 3 is 2.03 bits per heavy atom. The average molecular weight is 491 g/mol. The molecule has 5 nitrogen and oxygen atoms in total. The van der Waals surface area contributed by atoms with Crippen LogP contribution in [0.25, 0.3) is 0 Å². The van der Waals surface area contributed by atoms with E-state index in [1.807, 2.05) is 97.9 Å². The minimum absolute atomic E-state index is 0.265. The second-order valence-electron chi connectivity index (χ2n) is 8.94. The molecule has 0 saturated heterocycles. The summed E-state index contributed by atoms with van der Waals surface area (Å²) in [6.07, 6.45) is 0. The minimum Gasteiger partial charge on any atom is -0.497 e. The highest BCUT2D eigenvalue weighted by Crippen LogP contribution is 2.50. The summed E-state index contributed by atoms with van der Waals surface area (Å²) >= 11 is 0. The predicted octanol–water partition coefficient (Wildman–Crippen LogP) is 6.16. The fourth-order valence-corrected chi connectivity index (χ4v) is 5.04. The Kier molecular flexibility index (Phi) is 7.04. The summed E-state index contributed by atoms with van der Waals surface area (Å²) in [5, 5.41) is 0. The number of ether oxygens (including phenoxy) is 2. The highest BCUT2D eigenvalue weighted by molar-refractivity contribution is 6.04. The molecule has 0 N–H and O–H groups in total. The van der Waals surface area contributed by atoms with Gasteiger partial charge in [-0.05, 0) is 47.9 Å². The lowest BCUT2D eigenvalue weighted by molar-refractivity contribution is -0.151. The lowest BCUT2D eigenvalue weighted by Gasteiger charge is -2.37. The zero-order valence-corrected chi connectivity index (χ0v) is 21.1. The molecule has 4 aromatic carbocycles. The topological polar surface area (TPSA) is 51.1 Å². The van der Waals surface area contributed by atoms with Gasteiger partial charge in [-0.1, -0.05) is 91.0 Å². The SMILES string of the molecule is CCOC(=O)[C@]1(c2ccccc2)N=C(c2ccc(OC)cc2)N(Cc2ccccc2)[C@@H]1c1ccccc1. The van der Waals surface area contributed by atoms with Gasteiger partial charge in [0.15, 0.2) is 0 Å². The first kappa shape index (κ1) is 24.3. The number of rotatable bonds is 8. The average Bonchev–Trinajstić information content (AvgIpc) is 3.30. The summed E-state index contributed by atoms with van der Waals surface area (Å²) in [6, 6.07) is 37.5. The maximum absolute atomic E-state index is 14.1. The molecule has 0 radical (unpaired) electrons. The van der Waals surface area contributed by atoms with E-state index in [1.165, 1.54) is 0 Å². The van der Waals surface area contributed by atoms with Gasteiger partial charge in [0.2, 0.25) is 5.54 Å². The maximum Gasteiger partial charge on any atom is 0.341 e. The van der Waals surface area contributed by atoms with Crippen LogP contribution in [0.5, 0.6) is 5.75 Å². The smallest absolute Gasteiger partial charge is 0.341 e. The van der Waals surface area contributed by atoms with E-state index in [2.05, 4.69) is 29.2 Å². The second kappa shape index (κ2) is 10.7. The first-order chi connectivity index (χ1) is 18.2. The molecule has 37 heavy (non-hydrogen) atoms. The van der Waals surface area contributed by atoms with Crippen molar-refractivity contribution in [2.24, 2.45) is 4.99 Å². The van der Waals surface area contributed by atoms with E-state index in [0.717, 1.165) is 33.8 Å². The lowest BCUT2D eigenvalue weighted by Crippen LogP contribution is -2.44. The van der Waals surface area contributed by atoms with Crippen molar-refractivity contribution < 1.29 is 14.3 Å². The molecule has 186 valence electrons. The zero-order chi connectivity index (χ0) is 25.7. The molecule has 0 aromatic heterocycles. The molecule has 0 aliphatic carbocycles. The van der Waals surface area contributed by atoms with E-state index in [0.29, 0.717) is 6.54 Å². The van der Waals surface area contributed by atoms with Gasteiger partial charge in [0, 0.05) is 12.1 Å². The Hall–Kier alpha value is -4.38. The molecule has 0 fully saturated rings. The lowest BCUT2D eigenvalue weighted by atomic mass is 9.79. The molecule has 0 saturated carbocycles. The molecule has 0 unspecified atom stereocenters. The van der Waals surface area contributed by atoms with Crippen LogP contribution >= 0.6 is 0 Å². The molecule has 5 heteroatoms. The Bertz CT molecular complexity index is 1360. The van der Waals surface area contributed by atoms with Crippen molar-refractivity contribution in [2.45, 2.75) is 25.0 Å². The number of amidine groups is 1. The van der Waals surface area contributed by atoms with Gasteiger partial charge >= 0.3 is 5.97 Å². The van der Waals surface area contributed by atoms with Crippen LogP contribution in [0.1, 0.15) is 35.2 Å². The van der Waals surface area contributed by atoms with Gasteiger partial charge in [-0.25, -0.2) is 9.79 Å². The number of carbonyl (C=O) groups is 1. The fourth-order valence-electron chi connectivity index (χ4n) is 5.04. The molecule has 5 rings (SSSR count). The highest BCUT2D eigenvalue weighted by Gasteiger charge is 2.57. The van der Waals surface area contributed by atoms with Gasteiger partial charge < -0.3 is 14.4 Å². The van der Waals surface area contributed by atoms with Crippen LogP contribution in [-0.2, 0) is 21.6 Å². The first-order valence-corrected chi connectivity index (χ1v) is 12.5. The number of hydrogen-bond acceptors (Lipinski definition) is 5. The Balaban J connectivity index is 1.78. The number of nitrogens with zero attached hydrogens (tertiary/aromatic N) is 2. The molecular weight excluding hydrogens is 460 g/mol. The first-order valence-electron chi connectivity index (χ1n) is 12.5. The number of esters is 1. The van der Waals surface area contributed by atoms with E-state index in [1.54, 1.807) is 7.11 Å². The number of methoxy groups -OCH3 is 1. The van der Waals surface area contributed by atoms with Crippen LogP contribution in [0.3, 0.4) is 0 Å². The van der Waals surface area contributed by atoms with Crippen molar-refractivity contribution in [1.82, 2.24) is 4.90 Å². The molecular formula is C32H30N2O3. The summed E-state index contributed by atoms with van der Waals surface area (Å²) in [6.45, 7) is 2.67. The highest BCUT2D eigenvalue weighted by atomic mass is 16.5. The second-order valence-corrected chi connectivity index (χ2v) is 8.94. The monoisotopic (exact) mass is 490 g/mol. The van der Waals surface area contributed by atoms with Gasteiger partial charge in [0.25, 0.3) is 0 Å². The third-order valence-electron chi connectivity index (χ3n) is 6.72. The van der Waals surface area contributed by atoms with Crippen molar-refractivity contribution in [1.29, 1.82) is 0 Å². The number of benzene rings is 4. The van der Waals surface area contributed by atoms with Gasteiger partial charge in [-0.2, -0.15) is 0 Å². The van der Waals surface area contributed by atoms with Crippen molar-refractivity contribution in [3.8, 4) is 5.75 Å². The van der Waals surface area contributed by atoms with E-state index in [-0.39, 0.29) is 12.6 Å². The quantitative estimate of drug-likeness (QED) is 0.278. The van der Waals surface area contributed by atoms with Crippen LogP contribution in [0, 0.1) is 0 Å². The number of carbonyl (C=O) groups excluding carboxylic acids is 1. The van der Waals surface area contributed by atoms with Crippen LogP contribution in [0.15, 0.2) is 120 Å². The number of hydrogen-bond donors (Lipinski definition) is 0. The van der Waals surface area contributed by atoms with Crippen LogP contribution in [0.4, 0.5) is 0 Å². The van der Waals surface area contributed by atoms with Crippen LogP contribution < -0.4 is 4.74 Å². The molecule has 0 amide bonds. The Morgan fingerprint density at radius 2 is 1.43 bits per heavy atom. The minimum atomic E-state index is -1.29. The summed E-state index contributed by atoms with van der Waals surface area (Å²) in [5.74, 6) is 1.13. The van der Waals surface area contributed by atoms with E-state index >= 15 is 0 Å². The summed E-state index contributed by atoms with van der Waals surface area (Å²) in [4.78, 5) is 21.6. The fraction of sp³-hybridized carbons (Fsp3) is 0.188. The van der Waals surface area contributed by atoms with Gasteiger partial charge in [-0.15, -0.1) is 0 Å². The number of aliphatic imine (C=N–C) groups is 1. The van der Waals surface area contributed by atoms with Gasteiger partial charge in [-0.3, -0.25) is 0 Å². The van der Waals surface area contributed by atoms with Crippen molar-refractivity contribution in [2.75, 3.05) is 13.7 Å². The van der Waals surface area contributed by atoms with Crippen molar-refractivity contribution in [3.05, 3.63) is 138 Å². The van der Waals surface area contributed by atoms with E-state index in [4.69, 9.17) is 14.5 Å². The van der Waals surface area contributed by atoms with Gasteiger partial charge in [0.05, 0.1) is 19.8 Å². The summed E-state index contributed by atoms with van der Waals surface area (Å²) in [7, 11) is 1.65. The maximum atomic E-state index is 14.1. The predicted molar refractivity (Wildman–Crippen MR) is 145 cm³/mol. The standard InChI is InChI=1S/C32H30N2O3/c1-3-37-31(35)32(27-17-11-6-12-18-27)29(25-15-9-5-10-16-25)34(23-24-13-7-4-8-14-24)30(33-32)26-19-21-28(36-2)22-20-26/h4-22,29H,3,23H2,1-2H3/t29-,32-/m1/s1. The third kappa shape index (κ3) is 4.60.